The Bertz CT molecular complexity index is 269. The fraction of sp³-hybridized carbons (Fsp3) is 0.923. The first-order valence-corrected chi connectivity index (χ1v) is 6.76. The van der Waals surface area contributed by atoms with Crippen molar-refractivity contribution in [3.63, 3.8) is 0 Å². The maximum absolute atomic E-state index is 10.7. The highest BCUT2D eigenvalue weighted by Crippen LogP contribution is 2.27. The second-order valence-corrected chi connectivity index (χ2v) is 5.33. The van der Waals surface area contributed by atoms with Gasteiger partial charge in [-0.1, -0.05) is 6.92 Å². The Labute approximate surface area is 103 Å². The van der Waals surface area contributed by atoms with Crippen LogP contribution in [0.15, 0.2) is 0 Å². The van der Waals surface area contributed by atoms with E-state index in [0.29, 0.717) is 24.5 Å². The van der Waals surface area contributed by atoms with Gasteiger partial charge in [0.25, 0.3) is 0 Å². The largest absolute Gasteiger partial charge is 0.481 e. The summed E-state index contributed by atoms with van der Waals surface area (Å²) in [5.74, 6) is -0.300. The second-order valence-electron chi connectivity index (χ2n) is 5.33. The molecule has 0 bridgehead atoms. The molecule has 4 nitrogen and oxygen atoms in total. The van der Waals surface area contributed by atoms with Crippen LogP contribution in [0.25, 0.3) is 0 Å². The average molecular weight is 241 g/mol. The molecule has 3 atom stereocenters. The normalized spacial score (nSPS) is 35.0. The molecule has 4 heteroatoms. The summed E-state index contributed by atoms with van der Waals surface area (Å²) >= 11 is 0. The van der Waals surface area contributed by atoms with Crippen LogP contribution < -0.4 is 0 Å². The molecule has 98 valence electrons. The molecule has 2 saturated heterocycles. The van der Waals surface area contributed by atoms with Gasteiger partial charge in [0, 0.05) is 25.6 Å². The van der Waals surface area contributed by atoms with Crippen molar-refractivity contribution >= 4 is 5.97 Å². The summed E-state index contributed by atoms with van der Waals surface area (Å²) in [7, 11) is 0. The molecular formula is C13H23NO3. The number of rotatable bonds is 4. The highest BCUT2D eigenvalue weighted by atomic mass is 16.5. The summed E-state index contributed by atoms with van der Waals surface area (Å²) in [4.78, 5) is 13.2. The Morgan fingerprint density at radius 3 is 3.00 bits per heavy atom. The molecule has 1 N–H and O–H groups in total. The van der Waals surface area contributed by atoms with Crippen LogP contribution in [0.3, 0.4) is 0 Å². The van der Waals surface area contributed by atoms with Gasteiger partial charge in [-0.05, 0) is 38.1 Å². The molecular weight excluding hydrogens is 218 g/mol. The lowest BCUT2D eigenvalue weighted by atomic mass is 10.00. The van der Waals surface area contributed by atoms with E-state index >= 15 is 0 Å². The van der Waals surface area contributed by atoms with Crippen LogP contribution in [-0.2, 0) is 9.53 Å². The fourth-order valence-corrected chi connectivity index (χ4v) is 3.08. The number of carbonyl (C=O) groups is 1. The van der Waals surface area contributed by atoms with Crippen molar-refractivity contribution in [2.45, 2.75) is 51.2 Å². The van der Waals surface area contributed by atoms with Gasteiger partial charge in [0.15, 0.2) is 0 Å². The zero-order valence-corrected chi connectivity index (χ0v) is 10.6. The van der Waals surface area contributed by atoms with Crippen molar-refractivity contribution in [1.29, 1.82) is 0 Å². The van der Waals surface area contributed by atoms with Crippen LogP contribution in [0, 0.1) is 5.92 Å². The molecule has 2 fully saturated rings. The highest BCUT2D eigenvalue weighted by molar-refractivity contribution is 5.67. The predicted molar refractivity (Wildman–Crippen MR) is 65.0 cm³/mol. The third kappa shape index (κ3) is 3.42. The SMILES string of the molecule is CCC1CC(N2CCC(CC(=O)O)C2)CCO1. The zero-order chi connectivity index (χ0) is 12.3. The van der Waals surface area contributed by atoms with Gasteiger partial charge in [-0.15, -0.1) is 0 Å². The lowest BCUT2D eigenvalue weighted by molar-refractivity contribution is -0.138. The number of ether oxygens (including phenoxy) is 1. The van der Waals surface area contributed by atoms with E-state index < -0.39 is 5.97 Å². The van der Waals surface area contributed by atoms with Gasteiger partial charge in [0.1, 0.15) is 0 Å². The maximum Gasteiger partial charge on any atom is 0.303 e. The molecule has 17 heavy (non-hydrogen) atoms. The van der Waals surface area contributed by atoms with Crippen LogP contribution in [0.4, 0.5) is 0 Å². The van der Waals surface area contributed by atoms with E-state index in [2.05, 4.69) is 11.8 Å². The molecule has 2 rings (SSSR count). The van der Waals surface area contributed by atoms with Crippen LogP contribution in [0.5, 0.6) is 0 Å². The van der Waals surface area contributed by atoms with Gasteiger partial charge in [-0.25, -0.2) is 0 Å². The first-order chi connectivity index (χ1) is 8.19. The summed E-state index contributed by atoms with van der Waals surface area (Å²) < 4.78 is 5.69. The van der Waals surface area contributed by atoms with Gasteiger partial charge in [-0.2, -0.15) is 0 Å². The van der Waals surface area contributed by atoms with Crippen molar-refractivity contribution < 1.29 is 14.6 Å². The van der Waals surface area contributed by atoms with Crippen molar-refractivity contribution in [3.05, 3.63) is 0 Å². The van der Waals surface area contributed by atoms with Gasteiger partial charge in [0.2, 0.25) is 0 Å². The minimum atomic E-state index is -0.657. The summed E-state index contributed by atoms with van der Waals surface area (Å²) in [6.45, 7) is 5.07. The minimum absolute atomic E-state index is 0.330. The summed E-state index contributed by atoms with van der Waals surface area (Å²) in [6.07, 6.45) is 5.10. The van der Waals surface area contributed by atoms with E-state index in [1.54, 1.807) is 0 Å². The molecule has 0 aliphatic carbocycles. The topological polar surface area (TPSA) is 49.8 Å². The van der Waals surface area contributed by atoms with Crippen LogP contribution in [0.1, 0.15) is 39.0 Å². The molecule has 0 spiro atoms. The van der Waals surface area contributed by atoms with Gasteiger partial charge in [-0.3, -0.25) is 9.69 Å². The predicted octanol–water partition coefficient (Wildman–Crippen LogP) is 1.74. The first kappa shape index (κ1) is 12.8. The van der Waals surface area contributed by atoms with E-state index in [4.69, 9.17) is 9.84 Å². The third-order valence-corrected chi connectivity index (χ3v) is 4.09. The molecule has 0 radical (unpaired) electrons. The van der Waals surface area contributed by atoms with Crippen LogP contribution in [-0.4, -0.2) is 47.8 Å². The lowest BCUT2D eigenvalue weighted by Crippen LogP contribution is -2.41. The van der Waals surface area contributed by atoms with Crippen molar-refractivity contribution in [1.82, 2.24) is 4.90 Å². The van der Waals surface area contributed by atoms with Gasteiger partial charge < -0.3 is 9.84 Å². The molecule has 2 aliphatic rings. The number of hydrogen-bond acceptors (Lipinski definition) is 3. The van der Waals surface area contributed by atoms with Crippen molar-refractivity contribution in [2.75, 3.05) is 19.7 Å². The number of hydrogen-bond donors (Lipinski definition) is 1. The molecule has 2 heterocycles. The Kier molecular flexibility index (Phi) is 4.40. The van der Waals surface area contributed by atoms with Crippen molar-refractivity contribution in [2.24, 2.45) is 5.92 Å². The van der Waals surface area contributed by atoms with E-state index in [0.717, 1.165) is 45.4 Å². The smallest absolute Gasteiger partial charge is 0.303 e. The first-order valence-electron chi connectivity index (χ1n) is 6.76. The zero-order valence-electron chi connectivity index (χ0n) is 10.6. The number of carboxylic acids is 1. The number of likely N-dealkylation sites (tertiary alicyclic amines) is 1. The Hall–Kier alpha value is -0.610. The van der Waals surface area contributed by atoms with Crippen molar-refractivity contribution in [3.8, 4) is 0 Å². The lowest BCUT2D eigenvalue weighted by Gasteiger charge is -2.35. The Morgan fingerprint density at radius 2 is 2.29 bits per heavy atom. The Morgan fingerprint density at radius 1 is 1.47 bits per heavy atom. The van der Waals surface area contributed by atoms with E-state index in [9.17, 15) is 4.79 Å². The standard InChI is InChI=1S/C13H23NO3/c1-2-12-8-11(4-6-17-12)14-5-3-10(9-14)7-13(15)16/h10-12H,2-9H2,1H3,(H,15,16). The second kappa shape index (κ2) is 5.83. The van der Waals surface area contributed by atoms with E-state index in [1.165, 1.54) is 0 Å². The molecule has 0 aromatic rings. The fourth-order valence-electron chi connectivity index (χ4n) is 3.08. The number of aliphatic carboxylic acids is 1. The summed E-state index contributed by atoms with van der Waals surface area (Å²) in [6, 6.07) is 0.618. The monoisotopic (exact) mass is 241 g/mol. The molecule has 2 aliphatic heterocycles. The number of nitrogens with zero attached hydrogens (tertiary/aromatic N) is 1. The van der Waals surface area contributed by atoms with E-state index in [1.807, 2.05) is 0 Å². The maximum atomic E-state index is 10.7. The van der Waals surface area contributed by atoms with Gasteiger partial charge >= 0.3 is 5.97 Å². The average Bonchev–Trinajstić information content (AvgIpc) is 2.77. The summed E-state index contributed by atoms with van der Waals surface area (Å²) in [5, 5.41) is 8.81. The van der Waals surface area contributed by atoms with Crippen LogP contribution in [0.2, 0.25) is 0 Å². The molecule has 3 unspecified atom stereocenters. The van der Waals surface area contributed by atoms with Gasteiger partial charge in [0.05, 0.1) is 6.10 Å². The summed E-state index contributed by atoms with van der Waals surface area (Å²) in [5.41, 5.74) is 0. The molecule has 0 aromatic heterocycles. The molecule has 0 saturated carbocycles. The minimum Gasteiger partial charge on any atom is -0.481 e. The molecule has 0 amide bonds. The molecule has 0 aromatic carbocycles. The number of carboxylic acid groups (broad SMARTS) is 1. The van der Waals surface area contributed by atoms with E-state index in [-0.39, 0.29) is 0 Å². The highest BCUT2D eigenvalue weighted by Gasteiger charge is 2.32. The van der Waals surface area contributed by atoms with Crippen LogP contribution >= 0.6 is 0 Å². The Balaban J connectivity index is 1.81. The third-order valence-electron chi connectivity index (χ3n) is 4.09. The quantitative estimate of drug-likeness (QED) is 0.814.